The predicted octanol–water partition coefficient (Wildman–Crippen LogP) is 3.93. The van der Waals surface area contributed by atoms with Gasteiger partial charge in [0.25, 0.3) is 10.0 Å². The number of ether oxygens (including phenoxy) is 2. The summed E-state index contributed by atoms with van der Waals surface area (Å²) in [5.74, 6) is -3.21. The van der Waals surface area contributed by atoms with E-state index in [0.717, 1.165) is 0 Å². The minimum atomic E-state index is -4.55. The number of sulfonamides is 1. The molecular weight excluding hydrogens is 463 g/mol. The number of benzene rings is 1. The number of hydrogen-bond acceptors (Lipinski definition) is 6. The molecule has 156 valence electrons. The van der Waals surface area contributed by atoms with Crippen molar-refractivity contribution in [2.24, 2.45) is 0 Å². The third-order valence-corrected chi connectivity index (χ3v) is 6.87. The van der Waals surface area contributed by atoms with Crippen LogP contribution in [0.15, 0.2) is 4.21 Å². The van der Waals surface area contributed by atoms with Crippen molar-refractivity contribution in [1.29, 1.82) is 0 Å². The number of carboxylic acid groups (broad SMARTS) is 1. The first-order chi connectivity index (χ1) is 13.2. The number of alkyl halides is 2. The molecule has 0 aliphatic heterocycles. The maximum atomic E-state index is 15.2. The molecule has 0 aliphatic rings. The number of carbonyl (C=O) groups is 1. The highest BCUT2D eigenvalue weighted by Gasteiger charge is 2.32. The van der Waals surface area contributed by atoms with Crippen molar-refractivity contribution in [1.82, 2.24) is 4.72 Å². The molecule has 0 saturated carbocycles. The van der Waals surface area contributed by atoms with E-state index in [9.17, 15) is 13.2 Å². The average molecular weight is 478 g/mol. The third kappa shape index (κ3) is 4.37. The highest BCUT2D eigenvalue weighted by molar-refractivity contribution is 7.92. The molecule has 2 rings (SSSR count). The van der Waals surface area contributed by atoms with Crippen molar-refractivity contribution in [3.05, 3.63) is 17.2 Å². The SMILES string of the molecule is CCc1c(S(=O)(=O)NC(=O)O)sc2c(F)c(OCCCl)c(OCCCl)c(F)c12. The molecule has 0 aliphatic carbocycles. The highest BCUT2D eigenvalue weighted by Crippen LogP contribution is 2.46. The smallest absolute Gasteiger partial charge is 0.418 e. The zero-order valence-electron chi connectivity index (χ0n) is 14.4. The van der Waals surface area contributed by atoms with E-state index in [2.05, 4.69) is 0 Å². The minimum absolute atomic E-state index is 0.0109. The molecule has 13 heteroatoms. The van der Waals surface area contributed by atoms with Gasteiger partial charge in [-0.2, -0.15) is 0 Å². The quantitative estimate of drug-likeness (QED) is 0.530. The largest absolute Gasteiger partial charge is 0.486 e. The molecule has 0 unspecified atom stereocenters. The summed E-state index contributed by atoms with van der Waals surface area (Å²) >= 11 is 11.5. The maximum absolute atomic E-state index is 15.2. The van der Waals surface area contributed by atoms with Gasteiger partial charge in [0.2, 0.25) is 11.5 Å². The summed E-state index contributed by atoms with van der Waals surface area (Å²) in [5.41, 5.74) is -0.0789. The fourth-order valence-corrected chi connectivity index (χ4v) is 5.40. The second kappa shape index (κ2) is 9.29. The first-order valence-corrected chi connectivity index (χ1v) is 11.2. The first kappa shape index (κ1) is 22.7. The summed E-state index contributed by atoms with van der Waals surface area (Å²) in [7, 11) is -4.55. The molecule has 1 heterocycles. The van der Waals surface area contributed by atoms with Gasteiger partial charge in [-0.15, -0.1) is 34.5 Å². The number of halogens is 4. The average Bonchev–Trinajstić information content (AvgIpc) is 3.02. The lowest BCUT2D eigenvalue weighted by Gasteiger charge is -2.14. The van der Waals surface area contributed by atoms with Gasteiger partial charge in [-0.3, -0.25) is 0 Å². The van der Waals surface area contributed by atoms with Gasteiger partial charge < -0.3 is 14.6 Å². The molecule has 0 bridgehead atoms. The predicted molar refractivity (Wildman–Crippen MR) is 102 cm³/mol. The van der Waals surface area contributed by atoms with Crippen LogP contribution in [-0.2, 0) is 16.4 Å². The monoisotopic (exact) mass is 477 g/mol. The Morgan fingerprint density at radius 1 is 1.14 bits per heavy atom. The number of thiophene rings is 1. The number of rotatable bonds is 9. The number of fused-ring (bicyclic) bond motifs is 1. The van der Waals surface area contributed by atoms with E-state index in [-0.39, 0.29) is 47.0 Å². The Bertz CT molecular complexity index is 997. The van der Waals surface area contributed by atoms with Crippen LogP contribution >= 0.6 is 34.5 Å². The summed E-state index contributed by atoms with van der Waals surface area (Å²) in [6, 6.07) is 0. The number of aryl methyl sites for hydroxylation is 1. The standard InChI is InChI=1S/C15H15Cl2F2NO6S2/c1-2-7-8-9(18)11(25-5-3-16)12(26-6-4-17)10(19)13(8)27-14(7)28(23,24)20-15(21)22/h20H,2-6H2,1H3,(H,21,22). The van der Waals surface area contributed by atoms with E-state index in [1.165, 1.54) is 11.6 Å². The van der Waals surface area contributed by atoms with E-state index >= 15 is 8.78 Å². The highest BCUT2D eigenvalue weighted by atomic mass is 35.5. The lowest BCUT2D eigenvalue weighted by molar-refractivity contribution is 0.201. The Kier molecular flexibility index (Phi) is 7.54. The third-order valence-electron chi connectivity index (χ3n) is 3.46. The van der Waals surface area contributed by atoms with Gasteiger partial charge in [-0.1, -0.05) is 6.92 Å². The normalized spacial score (nSPS) is 11.6. The van der Waals surface area contributed by atoms with Gasteiger partial charge in [-0.25, -0.2) is 26.7 Å². The van der Waals surface area contributed by atoms with Crippen LogP contribution in [0.4, 0.5) is 13.6 Å². The van der Waals surface area contributed by atoms with Crippen molar-refractivity contribution in [2.75, 3.05) is 25.0 Å². The molecular formula is C15H15Cl2F2NO6S2. The zero-order chi connectivity index (χ0) is 21.1. The van der Waals surface area contributed by atoms with E-state index < -0.39 is 43.5 Å². The minimum Gasteiger partial charge on any atom is -0.486 e. The lowest BCUT2D eigenvalue weighted by atomic mass is 10.1. The molecule has 28 heavy (non-hydrogen) atoms. The second-order valence-corrected chi connectivity index (χ2v) is 8.85. The van der Waals surface area contributed by atoms with Crippen molar-refractivity contribution in [3.63, 3.8) is 0 Å². The fourth-order valence-electron chi connectivity index (χ4n) is 2.49. The van der Waals surface area contributed by atoms with Crippen LogP contribution in [0.1, 0.15) is 12.5 Å². The topological polar surface area (TPSA) is 102 Å². The lowest BCUT2D eigenvalue weighted by Crippen LogP contribution is -2.28. The number of hydrogen-bond donors (Lipinski definition) is 2. The molecule has 1 aromatic heterocycles. The van der Waals surface area contributed by atoms with Gasteiger partial charge in [0.05, 0.1) is 16.5 Å². The van der Waals surface area contributed by atoms with E-state index in [4.69, 9.17) is 37.8 Å². The summed E-state index contributed by atoms with van der Waals surface area (Å²) in [6.07, 6.45) is -1.83. The van der Waals surface area contributed by atoms with Gasteiger partial charge in [0.1, 0.15) is 17.4 Å². The second-order valence-electron chi connectivity index (χ2n) is 5.20. The molecule has 1 aromatic carbocycles. The van der Waals surface area contributed by atoms with Crippen LogP contribution in [0, 0.1) is 11.6 Å². The van der Waals surface area contributed by atoms with Crippen LogP contribution in [0.25, 0.3) is 10.1 Å². The number of amides is 1. The van der Waals surface area contributed by atoms with Crippen molar-refractivity contribution < 1.29 is 36.6 Å². The Morgan fingerprint density at radius 3 is 2.14 bits per heavy atom. The fraction of sp³-hybridized carbons (Fsp3) is 0.400. The van der Waals surface area contributed by atoms with E-state index in [1.54, 1.807) is 0 Å². The molecule has 2 N–H and O–H groups in total. The Morgan fingerprint density at radius 2 is 1.68 bits per heavy atom. The van der Waals surface area contributed by atoms with Gasteiger partial charge >= 0.3 is 6.09 Å². The van der Waals surface area contributed by atoms with Crippen molar-refractivity contribution in [2.45, 2.75) is 17.6 Å². The summed E-state index contributed by atoms with van der Waals surface area (Å²) in [6.45, 7) is 1.21. The first-order valence-electron chi connectivity index (χ1n) is 7.79. The summed E-state index contributed by atoms with van der Waals surface area (Å²) < 4.78 is 65.8. The molecule has 1 amide bonds. The van der Waals surface area contributed by atoms with Crippen LogP contribution in [-0.4, -0.2) is 44.6 Å². The van der Waals surface area contributed by atoms with Crippen LogP contribution in [0.3, 0.4) is 0 Å². The van der Waals surface area contributed by atoms with Crippen LogP contribution in [0.2, 0.25) is 0 Å². The van der Waals surface area contributed by atoms with Gasteiger partial charge in [0, 0.05) is 5.39 Å². The Hall–Kier alpha value is -1.56. The molecule has 0 atom stereocenters. The Balaban J connectivity index is 2.84. The molecule has 2 aromatic rings. The summed E-state index contributed by atoms with van der Waals surface area (Å²) in [5, 5.41) is 8.42. The van der Waals surface area contributed by atoms with Crippen molar-refractivity contribution in [3.8, 4) is 11.5 Å². The summed E-state index contributed by atoms with van der Waals surface area (Å²) in [4.78, 5) is 10.8. The molecule has 0 spiro atoms. The molecule has 7 nitrogen and oxygen atoms in total. The Labute approximate surface area is 173 Å². The zero-order valence-corrected chi connectivity index (χ0v) is 17.5. The van der Waals surface area contributed by atoms with Gasteiger partial charge in [-0.05, 0) is 12.0 Å². The molecule has 0 saturated heterocycles. The van der Waals surface area contributed by atoms with Crippen molar-refractivity contribution >= 4 is 60.7 Å². The molecule has 0 fully saturated rings. The molecule has 0 radical (unpaired) electrons. The maximum Gasteiger partial charge on any atom is 0.418 e. The van der Waals surface area contributed by atoms with Crippen LogP contribution in [0.5, 0.6) is 11.5 Å². The van der Waals surface area contributed by atoms with E-state index in [0.29, 0.717) is 11.3 Å². The van der Waals surface area contributed by atoms with E-state index in [1.807, 2.05) is 0 Å². The van der Waals surface area contributed by atoms with Gasteiger partial charge in [0.15, 0.2) is 11.6 Å². The van der Waals surface area contributed by atoms with Crippen LogP contribution < -0.4 is 14.2 Å². The number of nitrogens with one attached hydrogen (secondary N) is 1.